The molecule has 0 spiro atoms. The highest BCUT2D eigenvalue weighted by atomic mass is 32.2. The average Bonchev–Trinajstić information content (AvgIpc) is 2.63. The third kappa shape index (κ3) is 5.46. The highest BCUT2D eigenvalue weighted by molar-refractivity contribution is 8.22. The summed E-state index contributed by atoms with van der Waals surface area (Å²) in [5, 5.41) is 0. The van der Waals surface area contributed by atoms with Crippen LogP contribution in [-0.2, 0) is 0 Å². The van der Waals surface area contributed by atoms with Gasteiger partial charge in [0.2, 0.25) is 0 Å². The molecule has 0 radical (unpaired) electrons. The van der Waals surface area contributed by atoms with E-state index in [1.807, 2.05) is 5.57 Å². The van der Waals surface area contributed by atoms with E-state index in [4.69, 9.17) is 0 Å². The second-order valence-electron chi connectivity index (χ2n) is 8.06. The lowest BCUT2D eigenvalue weighted by molar-refractivity contribution is 0.172. The maximum Gasteiger partial charge on any atom is 0.0392 e. The van der Waals surface area contributed by atoms with Crippen molar-refractivity contribution < 1.29 is 0 Å². The molecular formula is C21H36S2. The van der Waals surface area contributed by atoms with E-state index in [1.54, 1.807) is 29.9 Å². The predicted octanol–water partition coefficient (Wildman–Crippen LogP) is 7.65. The number of hydrogen-bond acceptors (Lipinski definition) is 2. The van der Waals surface area contributed by atoms with Crippen LogP contribution < -0.4 is 0 Å². The van der Waals surface area contributed by atoms with Gasteiger partial charge in [-0.05, 0) is 74.2 Å². The number of hydrogen-bond donors (Lipinski definition) is 0. The first-order valence-corrected chi connectivity index (χ1v) is 12.3. The number of unbranched alkanes of at least 4 members (excludes halogenated alkanes) is 2. The van der Waals surface area contributed by atoms with Crippen LogP contribution in [0.4, 0.5) is 0 Å². The molecule has 0 nitrogen and oxygen atoms in total. The van der Waals surface area contributed by atoms with Crippen molar-refractivity contribution in [2.45, 2.75) is 90.4 Å². The quantitative estimate of drug-likeness (QED) is 0.466. The lowest BCUT2D eigenvalue weighted by atomic mass is 9.70. The van der Waals surface area contributed by atoms with E-state index in [-0.39, 0.29) is 0 Å². The van der Waals surface area contributed by atoms with E-state index in [0.29, 0.717) is 0 Å². The van der Waals surface area contributed by atoms with Crippen molar-refractivity contribution in [3.8, 4) is 0 Å². The first kappa shape index (κ1) is 18.2. The number of thioether (sulfide) groups is 2. The Hall–Kier alpha value is 0.440. The van der Waals surface area contributed by atoms with Crippen molar-refractivity contribution in [3.05, 3.63) is 9.81 Å². The standard InChI is InChI=1S/C21H36S2/c1-2-3-4-6-17-7-9-18(10-8-17)19-11-13-20(14-12-19)21-22-15-5-16-23-21/h17-19H,2-16H2,1H3. The molecule has 3 aliphatic rings. The van der Waals surface area contributed by atoms with Gasteiger partial charge >= 0.3 is 0 Å². The summed E-state index contributed by atoms with van der Waals surface area (Å²) in [5.74, 6) is 5.97. The second kappa shape index (κ2) is 9.80. The number of allylic oxidation sites excluding steroid dienone is 1. The van der Waals surface area contributed by atoms with E-state index in [2.05, 4.69) is 30.4 Å². The van der Waals surface area contributed by atoms with Gasteiger partial charge in [0.1, 0.15) is 0 Å². The van der Waals surface area contributed by atoms with E-state index in [9.17, 15) is 0 Å². The van der Waals surface area contributed by atoms with Gasteiger partial charge in [-0.25, -0.2) is 0 Å². The highest BCUT2D eigenvalue weighted by Crippen LogP contribution is 2.46. The Bertz CT molecular complexity index is 361. The molecule has 132 valence electrons. The fraction of sp³-hybridized carbons (Fsp3) is 0.905. The van der Waals surface area contributed by atoms with Gasteiger partial charge in [-0.15, -0.1) is 23.5 Å². The molecule has 2 saturated carbocycles. The summed E-state index contributed by atoms with van der Waals surface area (Å²) in [6, 6.07) is 0. The van der Waals surface area contributed by atoms with Crippen LogP contribution in [0.15, 0.2) is 9.81 Å². The molecule has 3 rings (SSSR count). The fourth-order valence-corrected chi connectivity index (χ4v) is 7.71. The monoisotopic (exact) mass is 352 g/mol. The lowest BCUT2D eigenvalue weighted by Gasteiger charge is -2.37. The molecule has 0 amide bonds. The molecule has 0 aromatic carbocycles. The van der Waals surface area contributed by atoms with Crippen LogP contribution in [0.1, 0.15) is 90.4 Å². The van der Waals surface area contributed by atoms with Gasteiger partial charge in [0.05, 0.1) is 0 Å². The Morgan fingerprint density at radius 1 is 0.826 bits per heavy atom. The Morgan fingerprint density at radius 2 is 1.48 bits per heavy atom. The van der Waals surface area contributed by atoms with Crippen LogP contribution in [0.3, 0.4) is 0 Å². The minimum atomic E-state index is 1.06. The summed E-state index contributed by atoms with van der Waals surface area (Å²) in [4.78, 5) is 0. The molecule has 0 atom stereocenters. The van der Waals surface area contributed by atoms with Crippen molar-refractivity contribution in [1.82, 2.24) is 0 Å². The molecule has 3 fully saturated rings. The zero-order chi connectivity index (χ0) is 15.9. The van der Waals surface area contributed by atoms with Crippen LogP contribution >= 0.6 is 23.5 Å². The minimum Gasteiger partial charge on any atom is -0.119 e. The Labute approximate surface area is 153 Å². The Kier molecular flexibility index (Phi) is 7.77. The summed E-state index contributed by atoms with van der Waals surface area (Å²) in [6.45, 7) is 2.33. The van der Waals surface area contributed by atoms with E-state index < -0.39 is 0 Å². The third-order valence-corrected chi connectivity index (χ3v) is 9.25. The topological polar surface area (TPSA) is 0 Å². The first-order valence-electron chi connectivity index (χ1n) is 10.3. The summed E-state index contributed by atoms with van der Waals surface area (Å²) >= 11 is 4.32. The van der Waals surface area contributed by atoms with Gasteiger partial charge in [-0.1, -0.05) is 51.0 Å². The van der Waals surface area contributed by atoms with Crippen molar-refractivity contribution >= 4 is 23.5 Å². The molecule has 0 aromatic rings. The van der Waals surface area contributed by atoms with Crippen molar-refractivity contribution in [3.63, 3.8) is 0 Å². The molecule has 1 saturated heterocycles. The molecule has 2 heteroatoms. The Balaban J connectivity index is 1.39. The molecule has 0 unspecified atom stereocenters. The van der Waals surface area contributed by atoms with E-state index in [0.717, 1.165) is 17.8 Å². The molecule has 1 heterocycles. The molecule has 2 aliphatic carbocycles. The smallest absolute Gasteiger partial charge is 0.0392 e. The van der Waals surface area contributed by atoms with Crippen LogP contribution in [0.2, 0.25) is 0 Å². The van der Waals surface area contributed by atoms with Crippen LogP contribution in [0.5, 0.6) is 0 Å². The predicted molar refractivity (Wildman–Crippen MR) is 108 cm³/mol. The lowest BCUT2D eigenvalue weighted by Crippen LogP contribution is -2.24. The third-order valence-electron chi connectivity index (χ3n) is 6.45. The maximum atomic E-state index is 2.33. The normalized spacial score (nSPS) is 33.0. The van der Waals surface area contributed by atoms with E-state index in [1.165, 1.54) is 69.3 Å². The van der Waals surface area contributed by atoms with Crippen LogP contribution in [0.25, 0.3) is 0 Å². The minimum absolute atomic E-state index is 1.06. The molecule has 0 aromatic heterocycles. The number of rotatable bonds is 5. The van der Waals surface area contributed by atoms with Gasteiger partial charge in [-0.2, -0.15) is 0 Å². The molecular weight excluding hydrogens is 316 g/mol. The highest BCUT2D eigenvalue weighted by Gasteiger charge is 2.30. The van der Waals surface area contributed by atoms with Gasteiger partial charge in [0, 0.05) is 4.24 Å². The molecule has 0 N–H and O–H groups in total. The van der Waals surface area contributed by atoms with E-state index >= 15 is 0 Å². The average molecular weight is 353 g/mol. The van der Waals surface area contributed by atoms with Gasteiger partial charge < -0.3 is 0 Å². The molecule has 1 aliphatic heterocycles. The summed E-state index contributed by atoms with van der Waals surface area (Å²) < 4.78 is 1.73. The van der Waals surface area contributed by atoms with Crippen LogP contribution in [0, 0.1) is 17.8 Å². The van der Waals surface area contributed by atoms with Crippen molar-refractivity contribution in [1.29, 1.82) is 0 Å². The summed E-state index contributed by atoms with van der Waals surface area (Å²) in [6.07, 6.45) is 19.3. The summed E-state index contributed by atoms with van der Waals surface area (Å²) in [5.41, 5.74) is 1.84. The zero-order valence-electron chi connectivity index (χ0n) is 15.2. The fourth-order valence-electron chi connectivity index (χ4n) is 4.93. The molecule has 0 bridgehead atoms. The summed E-state index contributed by atoms with van der Waals surface area (Å²) in [7, 11) is 0. The van der Waals surface area contributed by atoms with Crippen molar-refractivity contribution in [2.24, 2.45) is 17.8 Å². The maximum absolute atomic E-state index is 2.33. The Morgan fingerprint density at radius 3 is 2.13 bits per heavy atom. The SMILES string of the molecule is CCCCCC1CCC(C2CCC(=C3SCCCS3)CC2)CC1. The van der Waals surface area contributed by atoms with Gasteiger partial charge in [0.25, 0.3) is 0 Å². The van der Waals surface area contributed by atoms with Gasteiger partial charge in [-0.3, -0.25) is 0 Å². The van der Waals surface area contributed by atoms with Crippen LogP contribution in [-0.4, -0.2) is 11.5 Å². The second-order valence-corrected chi connectivity index (χ2v) is 10.5. The largest absolute Gasteiger partial charge is 0.119 e. The van der Waals surface area contributed by atoms with Crippen molar-refractivity contribution in [2.75, 3.05) is 11.5 Å². The zero-order valence-corrected chi connectivity index (χ0v) is 16.8. The first-order chi connectivity index (χ1) is 11.4. The molecule has 23 heavy (non-hydrogen) atoms. The van der Waals surface area contributed by atoms with Gasteiger partial charge in [0.15, 0.2) is 0 Å².